The van der Waals surface area contributed by atoms with Gasteiger partial charge in [0.1, 0.15) is 13.2 Å². The van der Waals surface area contributed by atoms with Crippen LogP contribution >= 0.6 is 0 Å². The Morgan fingerprint density at radius 1 is 0.259 bits per heavy atom. The van der Waals surface area contributed by atoms with Gasteiger partial charge in [-0.05, 0) is 89.9 Å². The van der Waals surface area contributed by atoms with E-state index in [2.05, 4.69) is 106 Å². The number of ether oxygens (including phenoxy) is 3. The first-order valence-corrected chi connectivity index (χ1v) is 35.1. The van der Waals surface area contributed by atoms with Gasteiger partial charge in [-0.1, -0.05) is 331 Å². The molecule has 0 spiro atoms. The van der Waals surface area contributed by atoms with E-state index in [-0.39, 0.29) is 31.1 Å². The summed E-state index contributed by atoms with van der Waals surface area (Å²) < 4.78 is 16.9. The van der Waals surface area contributed by atoms with Crippen LogP contribution in [0.1, 0.15) is 355 Å². The fraction of sp³-hybridized carbons (Fsp3) is 0.773. The summed E-state index contributed by atoms with van der Waals surface area (Å²) in [4.78, 5) is 38.4. The molecule has 1 unspecified atom stereocenters. The average molecular weight is 1130 g/mol. The highest BCUT2D eigenvalue weighted by molar-refractivity contribution is 5.71. The van der Waals surface area contributed by atoms with E-state index in [1.807, 2.05) is 0 Å². The predicted octanol–water partition coefficient (Wildman–Crippen LogP) is 24.2. The second-order valence-corrected chi connectivity index (χ2v) is 23.4. The number of hydrogen-bond acceptors (Lipinski definition) is 6. The Labute approximate surface area is 503 Å². The molecule has 6 nitrogen and oxygen atoms in total. The molecule has 0 amide bonds. The summed E-state index contributed by atoms with van der Waals surface area (Å²) >= 11 is 0. The van der Waals surface area contributed by atoms with Crippen LogP contribution in [0.15, 0.2) is 85.1 Å². The van der Waals surface area contributed by atoms with Crippen LogP contribution in [-0.2, 0) is 28.6 Å². The molecule has 1 atom stereocenters. The molecule has 0 N–H and O–H groups in total. The molecule has 0 radical (unpaired) electrons. The van der Waals surface area contributed by atoms with Gasteiger partial charge in [0.05, 0.1) is 0 Å². The SMILES string of the molecule is CC/C=C\C/C=C\C/C=C\C/C=C\C/C=C\C/C=C\CCCCCCCCCCC(=O)OCC(COC(=O)CCCCCCC/C=C\CCCC)OC(=O)CCCCCCCCCCCCCCCCCCCCCCCCCCC. The number of carbonyl (C=O) groups is 3. The minimum absolute atomic E-state index is 0.0803. The lowest BCUT2D eigenvalue weighted by Crippen LogP contribution is -2.30. The topological polar surface area (TPSA) is 78.9 Å². The van der Waals surface area contributed by atoms with Crippen LogP contribution in [0.2, 0.25) is 0 Å². The molecule has 0 aliphatic carbocycles. The van der Waals surface area contributed by atoms with Gasteiger partial charge >= 0.3 is 17.9 Å². The monoisotopic (exact) mass is 1130 g/mol. The zero-order chi connectivity index (χ0) is 58.5. The molecule has 0 aromatic rings. The van der Waals surface area contributed by atoms with Gasteiger partial charge in [-0.2, -0.15) is 0 Å². The van der Waals surface area contributed by atoms with E-state index in [1.54, 1.807) is 0 Å². The summed E-state index contributed by atoms with van der Waals surface area (Å²) in [5, 5.41) is 0. The molecule has 0 bridgehead atoms. The first kappa shape index (κ1) is 77.6. The molecule has 0 aromatic carbocycles. The Morgan fingerprint density at radius 3 is 0.802 bits per heavy atom. The van der Waals surface area contributed by atoms with E-state index >= 15 is 0 Å². The maximum atomic E-state index is 12.9. The molecule has 0 rings (SSSR count). The van der Waals surface area contributed by atoms with E-state index in [0.717, 1.165) is 109 Å². The zero-order valence-corrected chi connectivity index (χ0v) is 53.8. The Bertz CT molecular complexity index is 1530. The number of carbonyl (C=O) groups excluding carboxylic acids is 3. The Hall–Kier alpha value is -3.41. The van der Waals surface area contributed by atoms with E-state index < -0.39 is 6.10 Å². The fourth-order valence-corrected chi connectivity index (χ4v) is 10.1. The van der Waals surface area contributed by atoms with Gasteiger partial charge in [0, 0.05) is 19.3 Å². The van der Waals surface area contributed by atoms with Crippen LogP contribution in [0, 0.1) is 0 Å². The molecule has 0 aliphatic heterocycles. The maximum absolute atomic E-state index is 12.9. The van der Waals surface area contributed by atoms with Crippen LogP contribution in [0.25, 0.3) is 0 Å². The van der Waals surface area contributed by atoms with Gasteiger partial charge in [-0.25, -0.2) is 0 Å². The molecule has 0 aliphatic rings. The highest BCUT2D eigenvalue weighted by atomic mass is 16.6. The van der Waals surface area contributed by atoms with E-state index in [1.165, 1.54) is 205 Å². The van der Waals surface area contributed by atoms with Crippen LogP contribution in [0.4, 0.5) is 0 Å². The van der Waals surface area contributed by atoms with Gasteiger partial charge in [-0.3, -0.25) is 14.4 Å². The second kappa shape index (κ2) is 69.1. The van der Waals surface area contributed by atoms with Gasteiger partial charge in [-0.15, -0.1) is 0 Å². The molecule has 0 heterocycles. The van der Waals surface area contributed by atoms with Crippen LogP contribution in [-0.4, -0.2) is 37.2 Å². The zero-order valence-electron chi connectivity index (χ0n) is 53.8. The van der Waals surface area contributed by atoms with Crippen molar-refractivity contribution in [2.45, 2.75) is 361 Å². The summed E-state index contributed by atoms with van der Waals surface area (Å²) in [6, 6.07) is 0. The van der Waals surface area contributed by atoms with Gasteiger partial charge < -0.3 is 14.2 Å². The number of unbranched alkanes of at least 4 members (excludes halogenated alkanes) is 39. The Morgan fingerprint density at radius 2 is 0.494 bits per heavy atom. The molecule has 0 saturated carbocycles. The molecule has 0 aromatic heterocycles. The minimum atomic E-state index is -0.783. The van der Waals surface area contributed by atoms with Crippen molar-refractivity contribution in [3.8, 4) is 0 Å². The largest absolute Gasteiger partial charge is 0.462 e. The number of esters is 3. The lowest BCUT2D eigenvalue weighted by molar-refractivity contribution is -0.167. The summed E-state index contributed by atoms with van der Waals surface area (Å²) in [6.07, 6.45) is 91.9. The van der Waals surface area contributed by atoms with E-state index in [0.29, 0.717) is 19.3 Å². The standard InChI is InChI=1S/C75H132O6/c1-4-7-10-13-16-19-22-24-26-28-30-32-34-36-37-39-40-42-44-46-48-50-53-56-59-62-65-68-74(77)80-71-72(70-79-73(76)67-64-61-58-55-52-21-18-15-12-9-6-3)81-75(78)69-66-63-60-57-54-51-49-47-45-43-41-38-35-33-31-29-27-25-23-20-17-14-11-8-5-2/h7,10,15-16,18-19,24,26,30,32,36-37,40,42,72H,4-6,8-9,11-14,17,20-23,25,27-29,31,33-35,38-39,41,43-71H2,1-3H3/b10-7-,18-15-,19-16-,26-24-,32-30-,37-36-,42-40-. The molecule has 6 heteroatoms. The van der Waals surface area contributed by atoms with Crippen molar-refractivity contribution in [2.75, 3.05) is 13.2 Å². The van der Waals surface area contributed by atoms with Gasteiger partial charge in [0.2, 0.25) is 0 Å². The lowest BCUT2D eigenvalue weighted by atomic mass is 10.0. The molecule has 81 heavy (non-hydrogen) atoms. The highest BCUT2D eigenvalue weighted by Crippen LogP contribution is 2.18. The number of allylic oxidation sites excluding steroid dienone is 14. The van der Waals surface area contributed by atoms with Crippen molar-refractivity contribution >= 4 is 17.9 Å². The average Bonchev–Trinajstić information content (AvgIpc) is 3.47. The maximum Gasteiger partial charge on any atom is 0.306 e. The van der Waals surface area contributed by atoms with Crippen LogP contribution in [0.5, 0.6) is 0 Å². The molecular formula is C75H132O6. The smallest absolute Gasteiger partial charge is 0.306 e. The quantitative estimate of drug-likeness (QED) is 0.0261. The van der Waals surface area contributed by atoms with Crippen molar-refractivity contribution in [3.63, 3.8) is 0 Å². The molecule has 0 saturated heterocycles. The molecular weight excluding hydrogens is 997 g/mol. The third-order valence-electron chi connectivity index (χ3n) is 15.4. The Kier molecular flexibility index (Phi) is 66.2. The van der Waals surface area contributed by atoms with Crippen molar-refractivity contribution in [2.24, 2.45) is 0 Å². The first-order valence-electron chi connectivity index (χ1n) is 35.1. The van der Waals surface area contributed by atoms with Crippen LogP contribution in [0.3, 0.4) is 0 Å². The summed E-state index contributed by atoms with van der Waals surface area (Å²) in [5.74, 6) is -0.880. The highest BCUT2D eigenvalue weighted by Gasteiger charge is 2.19. The third kappa shape index (κ3) is 67.3. The predicted molar refractivity (Wildman–Crippen MR) is 353 cm³/mol. The molecule has 0 fully saturated rings. The van der Waals surface area contributed by atoms with Gasteiger partial charge in [0.25, 0.3) is 0 Å². The second-order valence-electron chi connectivity index (χ2n) is 23.4. The minimum Gasteiger partial charge on any atom is -0.462 e. The fourth-order valence-electron chi connectivity index (χ4n) is 10.1. The van der Waals surface area contributed by atoms with Crippen molar-refractivity contribution in [1.82, 2.24) is 0 Å². The number of rotatable bonds is 64. The lowest BCUT2D eigenvalue weighted by Gasteiger charge is -2.18. The van der Waals surface area contributed by atoms with Gasteiger partial charge in [0.15, 0.2) is 6.10 Å². The molecule has 468 valence electrons. The number of hydrogen-bond donors (Lipinski definition) is 0. The van der Waals surface area contributed by atoms with Crippen LogP contribution < -0.4 is 0 Å². The van der Waals surface area contributed by atoms with E-state index in [4.69, 9.17) is 14.2 Å². The summed E-state index contributed by atoms with van der Waals surface area (Å²) in [5.41, 5.74) is 0. The third-order valence-corrected chi connectivity index (χ3v) is 15.4. The first-order chi connectivity index (χ1) is 40.0. The summed E-state index contributed by atoms with van der Waals surface area (Å²) in [6.45, 7) is 6.52. The van der Waals surface area contributed by atoms with Crippen molar-refractivity contribution < 1.29 is 28.6 Å². The normalized spacial score (nSPS) is 12.6. The van der Waals surface area contributed by atoms with Crippen molar-refractivity contribution in [1.29, 1.82) is 0 Å². The summed E-state index contributed by atoms with van der Waals surface area (Å²) in [7, 11) is 0. The Balaban J connectivity index is 4.23. The van der Waals surface area contributed by atoms with E-state index in [9.17, 15) is 14.4 Å². The van der Waals surface area contributed by atoms with Crippen molar-refractivity contribution in [3.05, 3.63) is 85.1 Å².